The molecule has 0 saturated heterocycles. The van der Waals surface area contributed by atoms with Crippen LogP contribution in [0, 0.1) is 17.2 Å². The minimum Gasteiger partial charge on any atom is -0.337 e. The largest absolute Gasteiger partial charge is 0.337 e. The van der Waals surface area contributed by atoms with Crippen molar-refractivity contribution in [3.8, 4) is 6.07 Å². The van der Waals surface area contributed by atoms with E-state index in [1.807, 2.05) is 20.8 Å². The molecule has 0 aliphatic carbocycles. The van der Waals surface area contributed by atoms with Crippen molar-refractivity contribution in [2.24, 2.45) is 5.92 Å². The number of hydrogen-bond donors (Lipinski definition) is 1. The summed E-state index contributed by atoms with van der Waals surface area (Å²) >= 11 is 1.41. The molecule has 0 bridgehead atoms. The van der Waals surface area contributed by atoms with Crippen LogP contribution >= 0.6 is 11.8 Å². The van der Waals surface area contributed by atoms with E-state index >= 15 is 0 Å². The second-order valence-electron chi connectivity index (χ2n) is 6.58. The summed E-state index contributed by atoms with van der Waals surface area (Å²) in [5.74, 6) is 0.915. The second kappa shape index (κ2) is 7.35. The van der Waals surface area contributed by atoms with E-state index in [0.29, 0.717) is 0 Å². The predicted octanol–water partition coefficient (Wildman–Crippen LogP) is 2.54. The van der Waals surface area contributed by atoms with Gasteiger partial charge in [0.25, 0.3) is 0 Å². The first kappa shape index (κ1) is 17.8. The second-order valence-corrected chi connectivity index (χ2v) is 7.89. The zero-order valence-electron chi connectivity index (χ0n) is 14.3. The van der Waals surface area contributed by atoms with Crippen molar-refractivity contribution in [3.05, 3.63) is 5.82 Å². The zero-order valence-corrected chi connectivity index (χ0v) is 15.1. The highest BCUT2D eigenvalue weighted by atomic mass is 32.2. The minimum absolute atomic E-state index is 0.0398. The van der Waals surface area contributed by atoms with Gasteiger partial charge in [-0.3, -0.25) is 4.79 Å². The van der Waals surface area contributed by atoms with Gasteiger partial charge in [-0.15, -0.1) is 10.2 Å². The summed E-state index contributed by atoms with van der Waals surface area (Å²) in [6.45, 7) is 8.38. The Morgan fingerprint density at radius 3 is 2.74 bits per heavy atom. The lowest BCUT2D eigenvalue weighted by molar-refractivity contribution is -0.121. The van der Waals surface area contributed by atoms with Gasteiger partial charge >= 0.3 is 0 Å². The van der Waals surface area contributed by atoms with Crippen molar-refractivity contribution in [3.63, 3.8) is 0 Å². The van der Waals surface area contributed by atoms with Gasteiger partial charge in [-0.05, 0) is 32.6 Å². The number of carbonyl (C=O) groups excluding carboxylic acids is 1. The minimum atomic E-state index is -0.854. The molecule has 1 aromatic heterocycles. The fraction of sp³-hybridized carbons (Fsp3) is 0.750. The van der Waals surface area contributed by atoms with Crippen LogP contribution in [-0.2, 0) is 17.8 Å². The van der Waals surface area contributed by atoms with E-state index in [2.05, 4.69) is 26.2 Å². The first-order valence-corrected chi connectivity index (χ1v) is 9.07. The zero-order chi connectivity index (χ0) is 17.0. The summed E-state index contributed by atoms with van der Waals surface area (Å²) in [4.78, 5) is 12.4. The molecule has 126 valence electrons. The summed E-state index contributed by atoms with van der Waals surface area (Å²) in [5.41, 5.74) is -0.854. The molecule has 0 aromatic carbocycles. The third-order valence-electron chi connectivity index (χ3n) is 4.50. The maximum absolute atomic E-state index is 12.4. The van der Waals surface area contributed by atoms with Crippen molar-refractivity contribution in [1.29, 1.82) is 5.26 Å². The lowest BCUT2D eigenvalue weighted by atomic mass is 9.90. The van der Waals surface area contributed by atoms with Gasteiger partial charge in [-0.1, -0.05) is 32.0 Å². The Labute approximate surface area is 142 Å². The molecule has 7 heteroatoms. The molecule has 23 heavy (non-hydrogen) atoms. The number of nitrogens with zero attached hydrogens (tertiary/aromatic N) is 4. The smallest absolute Gasteiger partial charge is 0.234 e. The van der Waals surface area contributed by atoms with E-state index in [1.165, 1.54) is 18.2 Å². The normalized spacial score (nSPS) is 18.4. The molecule has 0 spiro atoms. The Morgan fingerprint density at radius 1 is 1.35 bits per heavy atom. The number of amides is 1. The summed E-state index contributed by atoms with van der Waals surface area (Å²) < 4.78 is 2.13. The lowest BCUT2D eigenvalue weighted by Gasteiger charge is -2.28. The quantitative estimate of drug-likeness (QED) is 0.836. The van der Waals surface area contributed by atoms with Crippen LogP contribution in [0.1, 0.15) is 52.8 Å². The SMILES string of the molecule is CC(C)[C@](C)(C#N)NC(=O)[C@H](C)Sc1nnc2n1CCCCC2. The van der Waals surface area contributed by atoms with Crippen LogP contribution in [0.5, 0.6) is 0 Å². The standard InChI is InChI=1S/C16H25N5OS/c1-11(2)16(4,10-17)18-14(22)12(3)23-15-20-19-13-8-6-5-7-9-21(13)15/h11-12H,5-9H2,1-4H3,(H,18,22)/t12-,16-/m0/s1. The van der Waals surface area contributed by atoms with E-state index in [4.69, 9.17) is 0 Å². The first-order chi connectivity index (χ1) is 10.9. The van der Waals surface area contributed by atoms with Crippen LogP contribution in [0.3, 0.4) is 0 Å². The fourth-order valence-electron chi connectivity index (χ4n) is 2.42. The molecule has 1 aliphatic heterocycles. The van der Waals surface area contributed by atoms with Crippen molar-refractivity contribution in [2.45, 2.75) is 75.9 Å². The number of fused-ring (bicyclic) bond motifs is 1. The monoisotopic (exact) mass is 335 g/mol. The number of nitrogens with one attached hydrogen (secondary N) is 1. The van der Waals surface area contributed by atoms with E-state index in [-0.39, 0.29) is 17.1 Å². The summed E-state index contributed by atoms with van der Waals surface area (Å²) in [7, 11) is 0. The fourth-order valence-corrected chi connectivity index (χ4v) is 3.31. The van der Waals surface area contributed by atoms with E-state index in [0.717, 1.165) is 36.8 Å². The van der Waals surface area contributed by atoms with Crippen LogP contribution in [0.15, 0.2) is 5.16 Å². The molecular formula is C16H25N5OS. The topological polar surface area (TPSA) is 83.6 Å². The molecule has 2 atom stereocenters. The van der Waals surface area contributed by atoms with E-state index in [1.54, 1.807) is 6.92 Å². The van der Waals surface area contributed by atoms with Crippen molar-refractivity contribution in [2.75, 3.05) is 0 Å². The average molecular weight is 335 g/mol. The molecule has 1 aromatic rings. The number of carbonyl (C=O) groups is 1. The van der Waals surface area contributed by atoms with E-state index < -0.39 is 5.54 Å². The third-order valence-corrected chi connectivity index (χ3v) is 5.58. The summed E-state index contributed by atoms with van der Waals surface area (Å²) in [6.07, 6.45) is 4.43. The maximum Gasteiger partial charge on any atom is 0.234 e. The van der Waals surface area contributed by atoms with Gasteiger partial charge in [0, 0.05) is 13.0 Å². The van der Waals surface area contributed by atoms with Gasteiger partial charge in [0.05, 0.1) is 11.3 Å². The molecule has 0 fully saturated rings. The Morgan fingerprint density at radius 2 is 2.09 bits per heavy atom. The molecule has 1 aliphatic rings. The Bertz CT molecular complexity index is 606. The van der Waals surface area contributed by atoms with E-state index in [9.17, 15) is 10.1 Å². The Balaban J connectivity index is 2.05. The average Bonchev–Trinajstić information content (AvgIpc) is 2.74. The highest BCUT2D eigenvalue weighted by Gasteiger charge is 2.32. The number of aryl methyl sites for hydroxylation is 1. The number of nitriles is 1. The summed E-state index contributed by atoms with van der Waals surface area (Å²) in [5, 5.41) is 21.2. The Kier molecular flexibility index (Phi) is 5.69. The van der Waals surface area contributed by atoms with Crippen molar-refractivity contribution in [1.82, 2.24) is 20.1 Å². The van der Waals surface area contributed by atoms with Gasteiger partial charge in [0.15, 0.2) is 5.16 Å². The maximum atomic E-state index is 12.4. The molecule has 0 saturated carbocycles. The first-order valence-electron chi connectivity index (χ1n) is 8.19. The molecule has 2 heterocycles. The van der Waals surface area contributed by atoms with Gasteiger partial charge in [-0.2, -0.15) is 5.26 Å². The van der Waals surface area contributed by atoms with Crippen LogP contribution in [0.25, 0.3) is 0 Å². The molecule has 0 unspecified atom stereocenters. The predicted molar refractivity (Wildman–Crippen MR) is 89.9 cm³/mol. The Hall–Kier alpha value is -1.55. The third kappa shape index (κ3) is 4.05. The van der Waals surface area contributed by atoms with Crippen molar-refractivity contribution >= 4 is 17.7 Å². The number of hydrogen-bond acceptors (Lipinski definition) is 5. The van der Waals surface area contributed by atoms with Crippen LogP contribution < -0.4 is 5.32 Å². The van der Waals surface area contributed by atoms with Gasteiger partial charge in [-0.25, -0.2) is 0 Å². The molecular weight excluding hydrogens is 310 g/mol. The molecule has 6 nitrogen and oxygen atoms in total. The van der Waals surface area contributed by atoms with Gasteiger partial charge in [0.2, 0.25) is 5.91 Å². The highest BCUT2D eigenvalue weighted by molar-refractivity contribution is 8.00. The molecule has 0 radical (unpaired) electrons. The number of aromatic nitrogens is 3. The highest BCUT2D eigenvalue weighted by Crippen LogP contribution is 2.26. The molecule has 1 N–H and O–H groups in total. The van der Waals surface area contributed by atoms with Crippen LogP contribution in [-0.4, -0.2) is 31.5 Å². The lowest BCUT2D eigenvalue weighted by Crippen LogP contribution is -2.51. The summed E-state index contributed by atoms with van der Waals surface area (Å²) in [6, 6.07) is 2.21. The van der Waals surface area contributed by atoms with Crippen LogP contribution in [0.4, 0.5) is 0 Å². The van der Waals surface area contributed by atoms with Gasteiger partial charge in [0.1, 0.15) is 11.4 Å². The molecule has 1 amide bonds. The van der Waals surface area contributed by atoms with Crippen LogP contribution in [0.2, 0.25) is 0 Å². The van der Waals surface area contributed by atoms with Crippen molar-refractivity contribution < 1.29 is 4.79 Å². The van der Waals surface area contributed by atoms with Gasteiger partial charge < -0.3 is 9.88 Å². The molecule has 2 rings (SSSR count). The number of rotatable bonds is 5. The number of thioether (sulfide) groups is 1.